The summed E-state index contributed by atoms with van der Waals surface area (Å²) in [5, 5.41) is 5.05. The molecule has 0 heterocycles. The van der Waals surface area contributed by atoms with Crippen molar-refractivity contribution in [1.29, 1.82) is 0 Å². The van der Waals surface area contributed by atoms with E-state index >= 15 is 0 Å². The first kappa shape index (κ1) is 16.3. The van der Waals surface area contributed by atoms with Crippen molar-refractivity contribution in [1.82, 2.24) is 5.43 Å². The van der Waals surface area contributed by atoms with Crippen molar-refractivity contribution in [3.05, 3.63) is 63.6 Å². The van der Waals surface area contributed by atoms with E-state index in [2.05, 4.69) is 10.5 Å². The zero-order chi connectivity index (χ0) is 15.9. The summed E-state index contributed by atoms with van der Waals surface area (Å²) < 4.78 is 5.36. The molecular weight excluding hydrogens is 323 g/mol. The minimum Gasteiger partial charge on any atom is -0.484 e. The Morgan fingerprint density at radius 2 is 2.00 bits per heavy atom. The van der Waals surface area contributed by atoms with Gasteiger partial charge in [-0.3, -0.25) is 4.79 Å². The topological polar surface area (TPSA) is 50.7 Å². The Bertz CT molecular complexity index is 702. The number of carbonyl (C=O) groups is 1. The van der Waals surface area contributed by atoms with Crippen LogP contribution in [0.15, 0.2) is 47.6 Å². The number of nitrogens with zero attached hydrogens (tertiary/aromatic N) is 1. The van der Waals surface area contributed by atoms with Gasteiger partial charge in [0, 0.05) is 15.6 Å². The number of nitrogens with one attached hydrogen (secondary N) is 1. The lowest BCUT2D eigenvalue weighted by atomic mass is 10.2. The van der Waals surface area contributed by atoms with Crippen LogP contribution in [-0.4, -0.2) is 18.7 Å². The standard InChI is InChI=1S/C16H14Cl2N2O2/c1-11-8-13(6-7-14(11)17)22-10-16(21)20-19-9-12-4-2-3-5-15(12)18/h2-9H,10H2,1H3,(H,20,21)/b19-9-. The van der Waals surface area contributed by atoms with Crippen LogP contribution in [-0.2, 0) is 4.79 Å². The van der Waals surface area contributed by atoms with E-state index in [0.717, 1.165) is 11.1 Å². The molecule has 2 aromatic rings. The molecule has 0 aliphatic carbocycles. The maximum atomic E-state index is 11.6. The maximum absolute atomic E-state index is 11.6. The lowest BCUT2D eigenvalue weighted by Gasteiger charge is -2.06. The first-order valence-corrected chi connectivity index (χ1v) is 7.27. The number of aryl methyl sites for hydroxylation is 1. The molecule has 0 aliphatic heterocycles. The molecule has 0 saturated carbocycles. The monoisotopic (exact) mass is 336 g/mol. The van der Waals surface area contributed by atoms with E-state index in [1.54, 1.807) is 30.3 Å². The number of benzene rings is 2. The molecule has 2 rings (SSSR count). The Hall–Kier alpha value is -2.04. The molecule has 22 heavy (non-hydrogen) atoms. The predicted octanol–water partition coefficient (Wildman–Crippen LogP) is 3.83. The summed E-state index contributed by atoms with van der Waals surface area (Å²) in [6, 6.07) is 12.4. The second-order valence-electron chi connectivity index (χ2n) is 4.51. The zero-order valence-corrected chi connectivity index (χ0v) is 13.4. The number of ether oxygens (including phenoxy) is 1. The molecule has 2 aromatic carbocycles. The molecule has 4 nitrogen and oxygen atoms in total. The molecular formula is C16H14Cl2N2O2. The highest BCUT2D eigenvalue weighted by molar-refractivity contribution is 6.33. The molecule has 0 fully saturated rings. The van der Waals surface area contributed by atoms with Crippen LogP contribution in [0.4, 0.5) is 0 Å². The Morgan fingerprint density at radius 3 is 2.73 bits per heavy atom. The number of hydrogen-bond acceptors (Lipinski definition) is 3. The fourth-order valence-electron chi connectivity index (χ4n) is 1.64. The minimum atomic E-state index is -0.365. The molecule has 0 atom stereocenters. The van der Waals surface area contributed by atoms with Crippen LogP contribution in [0.3, 0.4) is 0 Å². The summed E-state index contributed by atoms with van der Waals surface area (Å²) in [7, 11) is 0. The Morgan fingerprint density at radius 1 is 1.23 bits per heavy atom. The fraction of sp³-hybridized carbons (Fsp3) is 0.125. The van der Waals surface area contributed by atoms with E-state index in [4.69, 9.17) is 27.9 Å². The van der Waals surface area contributed by atoms with Crippen molar-refractivity contribution >= 4 is 35.3 Å². The van der Waals surface area contributed by atoms with Gasteiger partial charge in [-0.15, -0.1) is 0 Å². The maximum Gasteiger partial charge on any atom is 0.277 e. The van der Waals surface area contributed by atoms with Crippen molar-refractivity contribution in [2.45, 2.75) is 6.92 Å². The average molecular weight is 337 g/mol. The van der Waals surface area contributed by atoms with Crippen molar-refractivity contribution in [3.63, 3.8) is 0 Å². The van der Waals surface area contributed by atoms with E-state index < -0.39 is 0 Å². The summed E-state index contributed by atoms with van der Waals surface area (Å²) in [6.45, 7) is 1.73. The van der Waals surface area contributed by atoms with Crippen LogP contribution in [0, 0.1) is 6.92 Å². The number of hydrogen-bond donors (Lipinski definition) is 1. The molecule has 1 amide bonds. The molecule has 1 N–H and O–H groups in total. The van der Waals surface area contributed by atoms with Crippen molar-refractivity contribution in [2.24, 2.45) is 5.10 Å². The molecule has 6 heteroatoms. The largest absolute Gasteiger partial charge is 0.484 e. The number of hydrazone groups is 1. The van der Waals surface area contributed by atoms with E-state index in [9.17, 15) is 4.79 Å². The average Bonchev–Trinajstić information content (AvgIpc) is 2.50. The minimum absolute atomic E-state index is 0.138. The van der Waals surface area contributed by atoms with E-state index in [0.29, 0.717) is 15.8 Å². The Balaban J connectivity index is 1.83. The van der Waals surface area contributed by atoms with E-state index in [1.165, 1.54) is 6.21 Å². The van der Waals surface area contributed by atoms with Crippen LogP contribution >= 0.6 is 23.2 Å². The number of carbonyl (C=O) groups excluding carboxylic acids is 1. The van der Waals surface area contributed by atoms with Gasteiger partial charge in [-0.25, -0.2) is 5.43 Å². The SMILES string of the molecule is Cc1cc(OCC(=O)N/N=C\c2ccccc2Cl)ccc1Cl. The van der Waals surface area contributed by atoms with E-state index in [-0.39, 0.29) is 12.5 Å². The van der Waals surface area contributed by atoms with Gasteiger partial charge in [-0.1, -0.05) is 41.4 Å². The van der Waals surface area contributed by atoms with Crippen LogP contribution in [0.1, 0.15) is 11.1 Å². The fourth-order valence-corrected chi connectivity index (χ4v) is 1.94. The quantitative estimate of drug-likeness (QED) is 0.666. The molecule has 114 valence electrons. The van der Waals surface area contributed by atoms with Crippen molar-refractivity contribution in [2.75, 3.05) is 6.61 Å². The highest BCUT2D eigenvalue weighted by atomic mass is 35.5. The van der Waals surface area contributed by atoms with Gasteiger partial charge in [-0.05, 0) is 36.8 Å². The molecule has 0 radical (unpaired) electrons. The number of rotatable bonds is 5. The van der Waals surface area contributed by atoms with E-state index in [1.807, 2.05) is 19.1 Å². The second kappa shape index (κ2) is 7.82. The molecule has 0 aromatic heterocycles. The van der Waals surface area contributed by atoms with Crippen LogP contribution in [0.5, 0.6) is 5.75 Å². The van der Waals surface area contributed by atoms with Crippen LogP contribution in [0.2, 0.25) is 10.0 Å². The molecule has 0 saturated heterocycles. The lowest BCUT2D eigenvalue weighted by Crippen LogP contribution is -2.24. The van der Waals surface area contributed by atoms with Crippen LogP contribution in [0.25, 0.3) is 0 Å². The highest BCUT2D eigenvalue weighted by Crippen LogP contribution is 2.20. The smallest absolute Gasteiger partial charge is 0.277 e. The molecule has 0 bridgehead atoms. The van der Waals surface area contributed by atoms with Crippen molar-refractivity contribution in [3.8, 4) is 5.75 Å². The van der Waals surface area contributed by atoms with Gasteiger partial charge in [0.1, 0.15) is 5.75 Å². The predicted molar refractivity (Wildman–Crippen MR) is 88.9 cm³/mol. The summed E-state index contributed by atoms with van der Waals surface area (Å²) in [5.74, 6) is 0.211. The van der Waals surface area contributed by atoms with Gasteiger partial charge in [-0.2, -0.15) is 5.10 Å². The number of halogens is 2. The summed E-state index contributed by atoms with van der Waals surface area (Å²) in [5.41, 5.74) is 3.98. The lowest BCUT2D eigenvalue weighted by molar-refractivity contribution is -0.123. The third-order valence-corrected chi connectivity index (χ3v) is 3.57. The van der Waals surface area contributed by atoms with Gasteiger partial charge in [0.15, 0.2) is 6.61 Å². The van der Waals surface area contributed by atoms with Gasteiger partial charge in [0.05, 0.1) is 6.21 Å². The van der Waals surface area contributed by atoms with Gasteiger partial charge in [0.25, 0.3) is 5.91 Å². The zero-order valence-electron chi connectivity index (χ0n) is 11.8. The molecule has 0 aliphatic rings. The summed E-state index contributed by atoms with van der Waals surface area (Å²) >= 11 is 11.9. The van der Waals surface area contributed by atoms with Crippen molar-refractivity contribution < 1.29 is 9.53 Å². The number of amides is 1. The third-order valence-electron chi connectivity index (χ3n) is 2.80. The summed E-state index contributed by atoms with van der Waals surface area (Å²) in [4.78, 5) is 11.6. The molecule has 0 spiro atoms. The first-order valence-electron chi connectivity index (χ1n) is 6.51. The Kier molecular flexibility index (Phi) is 5.81. The highest BCUT2D eigenvalue weighted by Gasteiger charge is 2.03. The van der Waals surface area contributed by atoms with Gasteiger partial charge >= 0.3 is 0 Å². The van der Waals surface area contributed by atoms with Gasteiger partial charge < -0.3 is 4.74 Å². The Labute approximate surface area is 138 Å². The first-order chi connectivity index (χ1) is 10.6. The normalized spacial score (nSPS) is 10.7. The van der Waals surface area contributed by atoms with Gasteiger partial charge in [0.2, 0.25) is 0 Å². The second-order valence-corrected chi connectivity index (χ2v) is 5.33. The third kappa shape index (κ3) is 4.76. The van der Waals surface area contributed by atoms with Crippen LogP contribution < -0.4 is 10.2 Å². The summed E-state index contributed by atoms with van der Waals surface area (Å²) in [6.07, 6.45) is 1.48. The molecule has 0 unspecified atom stereocenters.